The first-order valence-corrected chi connectivity index (χ1v) is 7.38. The maximum Gasteiger partial charge on any atom is 0.335 e. The highest BCUT2D eigenvalue weighted by atomic mass is 16.4. The van der Waals surface area contributed by atoms with Crippen molar-refractivity contribution in [3.8, 4) is 0 Å². The Kier molecular flexibility index (Phi) is 2.58. The summed E-state index contributed by atoms with van der Waals surface area (Å²) in [5.41, 5.74) is 1.82. The molecule has 1 aromatic carbocycles. The third-order valence-electron chi connectivity index (χ3n) is 5.25. The van der Waals surface area contributed by atoms with Crippen LogP contribution >= 0.6 is 0 Å². The molecule has 4 rings (SSSR count). The summed E-state index contributed by atoms with van der Waals surface area (Å²) in [5.74, 6) is -1.42. The van der Waals surface area contributed by atoms with Gasteiger partial charge in [0.15, 0.2) is 0 Å². The summed E-state index contributed by atoms with van der Waals surface area (Å²) >= 11 is 0. The molecule has 3 aliphatic rings. The molecule has 0 aromatic heterocycles. The van der Waals surface area contributed by atoms with Gasteiger partial charge in [0.25, 0.3) is 0 Å². The average molecular weight is 297 g/mol. The van der Waals surface area contributed by atoms with Crippen molar-refractivity contribution in [1.29, 1.82) is 0 Å². The molecule has 112 valence electrons. The summed E-state index contributed by atoms with van der Waals surface area (Å²) in [4.78, 5) is 37.5. The van der Waals surface area contributed by atoms with Gasteiger partial charge in [-0.3, -0.25) is 14.5 Å². The number of imide groups is 1. The maximum atomic E-state index is 12.7. The van der Waals surface area contributed by atoms with Crippen LogP contribution in [0, 0.1) is 23.7 Å². The van der Waals surface area contributed by atoms with Crippen molar-refractivity contribution in [3.05, 3.63) is 41.5 Å². The van der Waals surface area contributed by atoms with Gasteiger partial charge in [-0.2, -0.15) is 0 Å². The zero-order chi connectivity index (χ0) is 15.6. The molecule has 2 bridgehead atoms. The van der Waals surface area contributed by atoms with Gasteiger partial charge in [0, 0.05) is 0 Å². The predicted molar refractivity (Wildman–Crippen MR) is 78.2 cm³/mol. The largest absolute Gasteiger partial charge is 0.478 e. The van der Waals surface area contributed by atoms with Gasteiger partial charge in [-0.25, -0.2) is 4.79 Å². The van der Waals surface area contributed by atoms with Crippen LogP contribution in [0.4, 0.5) is 5.69 Å². The fourth-order valence-corrected chi connectivity index (χ4v) is 4.28. The molecule has 0 unspecified atom stereocenters. The molecule has 22 heavy (non-hydrogen) atoms. The minimum Gasteiger partial charge on any atom is -0.478 e. The van der Waals surface area contributed by atoms with Crippen LogP contribution in [-0.2, 0) is 9.59 Å². The van der Waals surface area contributed by atoms with Crippen LogP contribution in [0.1, 0.15) is 23.7 Å². The van der Waals surface area contributed by atoms with Gasteiger partial charge in [0.1, 0.15) is 0 Å². The van der Waals surface area contributed by atoms with E-state index in [4.69, 9.17) is 5.11 Å². The Bertz CT molecular complexity index is 734. The van der Waals surface area contributed by atoms with Crippen LogP contribution in [0.3, 0.4) is 0 Å². The Morgan fingerprint density at radius 2 is 1.77 bits per heavy atom. The number of anilines is 1. The molecule has 1 N–H and O–H groups in total. The van der Waals surface area contributed by atoms with E-state index in [9.17, 15) is 14.4 Å². The van der Waals surface area contributed by atoms with E-state index < -0.39 is 5.97 Å². The molecule has 2 fully saturated rings. The first-order chi connectivity index (χ1) is 10.5. The lowest BCUT2D eigenvalue weighted by molar-refractivity contribution is -0.123. The monoisotopic (exact) mass is 297 g/mol. The Balaban J connectivity index is 1.69. The molecule has 1 saturated heterocycles. The highest BCUT2D eigenvalue weighted by molar-refractivity contribution is 6.22. The number of fused-ring (bicyclic) bond motifs is 5. The number of rotatable bonds is 2. The molecular formula is C17H15NO4. The topological polar surface area (TPSA) is 74.7 Å². The standard InChI is InChI=1S/C17H15NO4/c1-8-6-10-7-12(8)14-13(10)15(19)18(16(14)20)11-4-2-9(3-5-11)17(21)22/h2-6,10,12-14H,7H2,1H3,(H,21,22)/t10-,12-,13+,14+/m0/s1. The first kappa shape index (κ1) is 13.2. The quantitative estimate of drug-likeness (QED) is 0.670. The Morgan fingerprint density at radius 3 is 2.41 bits per heavy atom. The minimum atomic E-state index is -1.03. The van der Waals surface area contributed by atoms with Gasteiger partial charge in [0.2, 0.25) is 11.8 Å². The number of carboxylic acids is 1. The van der Waals surface area contributed by atoms with Gasteiger partial charge in [-0.1, -0.05) is 11.6 Å². The van der Waals surface area contributed by atoms with E-state index in [1.165, 1.54) is 34.7 Å². The molecule has 1 saturated carbocycles. The van der Waals surface area contributed by atoms with E-state index in [0.717, 1.165) is 6.42 Å². The van der Waals surface area contributed by atoms with Crippen LogP contribution in [-0.4, -0.2) is 22.9 Å². The number of carbonyl (C=O) groups is 3. The van der Waals surface area contributed by atoms with Crippen LogP contribution in [0.5, 0.6) is 0 Å². The second kappa shape index (κ2) is 4.29. The SMILES string of the molecule is CC1=C[C@H]2C[C@@H]1[C@H]1C(=O)N(c3ccc(C(=O)O)cc3)C(=O)[C@@H]12. The highest BCUT2D eigenvalue weighted by Gasteiger charge is 2.60. The molecule has 5 heteroatoms. The van der Waals surface area contributed by atoms with E-state index in [2.05, 4.69) is 6.08 Å². The van der Waals surface area contributed by atoms with Crippen molar-refractivity contribution in [2.75, 3.05) is 4.90 Å². The minimum absolute atomic E-state index is 0.139. The molecule has 1 aromatic rings. The van der Waals surface area contributed by atoms with Crippen LogP contribution in [0.2, 0.25) is 0 Å². The van der Waals surface area contributed by atoms with Crippen LogP contribution < -0.4 is 4.90 Å². The Labute approximate surface area is 127 Å². The summed E-state index contributed by atoms with van der Waals surface area (Å²) in [5, 5.41) is 8.93. The zero-order valence-corrected chi connectivity index (χ0v) is 12.0. The van der Waals surface area contributed by atoms with Crippen LogP contribution in [0.15, 0.2) is 35.9 Å². The van der Waals surface area contributed by atoms with Crippen molar-refractivity contribution in [2.45, 2.75) is 13.3 Å². The normalized spacial score (nSPS) is 32.4. The number of carbonyl (C=O) groups excluding carboxylic acids is 2. The molecule has 4 atom stereocenters. The highest BCUT2D eigenvalue weighted by Crippen LogP contribution is 2.55. The van der Waals surface area contributed by atoms with Gasteiger partial charge in [-0.05, 0) is 49.4 Å². The number of aromatic carboxylic acids is 1. The van der Waals surface area contributed by atoms with Crippen molar-refractivity contribution < 1.29 is 19.5 Å². The second-order valence-corrected chi connectivity index (χ2v) is 6.33. The smallest absolute Gasteiger partial charge is 0.335 e. The van der Waals surface area contributed by atoms with E-state index in [1.807, 2.05) is 6.92 Å². The zero-order valence-electron chi connectivity index (χ0n) is 12.0. The number of hydrogen-bond donors (Lipinski definition) is 1. The molecule has 1 heterocycles. The van der Waals surface area contributed by atoms with Gasteiger partial charge >= 0.3 is 5.97 Å². The number of hydrogen-bond acceptors (Lipinski definition) is 3. The molecule has 0 radical (unpaired) electrons. The molecule has 2 amide bonds. The lowest BCUT2D eigenvalue weighted by Crippen LogP contribution is -2.32. The predicted octanol–water partition coefficient (Wildman–Crippen LogP) is 2.09. The van der Waals surface area contributed by atoms with Gasteiger partial charge < -0.3 is 5.11 Å². The van der Waals surface area contributed by atoms with E-state index >= 15 is 0 Å². The lowest BCUT2D eigenvalue weighted by atomic mass is 9.82. The molecule has 5 nitrogen and oxygen atoms in total. The van der Waals surface area contributed by atoms with Crippen LogP contribution in [0.25, 0.3) is 0 Å². The van der Waals surface area contributed by atoms with Crippen molar-refractivity contribution in [2.24, 2.45) is 23.7 Å². The lowest BCUT2D eigenvalue weighted by Gasteiger charge is -2.19. The van der Waals surface area contributed by atoms with E-state index in [-0.39, 0.29) is 41.0 Å². The fraction of sp³-hybridized carbons (Fsp3) is 0.353. The maximum absolute atomic E-state index is 12.7. The number of nitrogens with zero attached hydrogens (tertiary/aromatic N) is 1. The van der Waals surface area contributed by atoms with Crippen molar-refractivity contribution >= 4 is 23.5 Å². The number of amides is 2. The third kappa shape index (κ3) is 1.56. The number of carboxylic acid groups (broad SMARTS) is 1. The summed E-state index contributed by atoms with van der Waals surface area (Å²) < 4.78 is 0. The Morgan fingerprint density at radius 1 is 1.14 bits per heavy atom. The Hall–Kier alpha value is -2.43. The summed E-state index contributed by atoms with van der Waals surface area (Å²) in [6, 6.07) is 5.90. The van der Waals surface area contributed by atoms with Gasteiger partial charge in [0.05, 0.1) is 23.1 Å². The summed E-state index contributed by atoms with van der Waals surface area (Å²) in [7, 11) is 0. The van der Waals surface area contributed by atoms with Gasteiger partial charge in [-0.15, -0.1) is 0 Å². The van der Waals surface area contributed by atoms with Crippen molar-refractivity contribution in [3.63, 3.8) is 0 Å². The fourth-order valence-electron chi connectivity index (χ4n) is 4.28. The number of allylic oxidation sites excluding steroid dienone is 2. The number of benzene rings is 1. The van der Waals surface area contributed by atoms with Crippen molar-refractivity contribution in [1.82, 2.24) is 0 Å². The van der Waals surface area contributed by atoms with E-state index in [0.29, 0.717) is 5.69 Å². The molecule has 1 aliphatic heterocycles. The average Bonchev–Trinajstić information content (AvgIpc) is 3.11. The molecule has 0 spiro atoms. The second-order valence-electron chi connectivity index (χ2n) is 6.33. The first-order valence-electron chi connectivity index (χ1n) is 7.38. The molecular weight excluding hydrogens is 282 g/mol. The summed E-state index contributed by atoms with van der Waals surface area (Å²) in [6.07, 6.45) is 3.04. The van der Waals surface area contributed by atoms with E-state index in [1.54, 1.807) is 0 Å². The summed E-state index contributed by atoms with van der Waals surface area (Å²) in [6.45, 7) is 2.03. The molecule has 2 aliphatic carbocycles. The third-order valence-corrected chi connectivity index (χ3v) is 5.25.